The third kappa shape index (κ3) is 5.10. The maximum absolute atomic E-state index is 12.7. The topological polar surface area (TPSA) is 67.4 Å². The minimum atomic E-state index is -0.707. The quantitative estimate of drug-likeness (QED) is 0.722. The van der Waals surface area contributed by atoms with Gasteiger partial charge in [0.1, 0.15) is 6.04 Å². The molecule has 0 saturated carbocycles. The molecule has 1 saturated heterocycles. The summed E-state index contributed by atoms with van der Waals surface area (Å²) in [6.07, 6.45) is 1.52. The first-order valence-electron chi connectivity index (χ1n) is 9.59. The molecule has 0 spiro atoms. The molecule has 0 aliphatic carbocycles. The summed E-state index contributed by atoms with van der Waals surface area (Å²) in [7, 11) is 0. The van der Waals surface area contributed by atoms with E-state index in [0.717, 1.165) is 18.4 Å². The number of ether oxygens (including phenoxy) is 1. The predicted octanol–water partition coefficient (Wildman–Crippen LogP) is 3.98. The Bertz CT molecular complexity index is 882. The molecule has 1 aliphatic heterocycles. The Morgan fingerprint density at radius 1 is 1.03 bits per heavy atom. The Hall–Kier alpha value is -2.08. The summed E-state index contributed by atoms with van der Waals surface area (Å²) < 4.78 is 5.53. The fourth-order valence-corrected chi connectivity index (χ4v) is 4.15. The monoisotopic (exact) mass is 434 g/mol. The van der Waals surface area contributed by atoms with Crippen LogP contribution in [0.1, 0.15) is 35.7 Å². The molecule has 2 aromatic carbocycles. The van der Waals surface area contributed by atoms with Crippen molar-refractivity contribution in [1.29, 1.82) is 0 Å². The lowest BCUT2D eigenvalue weighted by molar-refractivity contribution is -0.123. The summed E-state index contributed by atoms with van der Waals surface area (Å²) in [6, 6.07) is 13.7. The molecule has 2 N–H and O–H groups in total. The van der Waals surface area contributed by atoms with Crippen molar-refractivity contribution < 1.29 is 14.3 Å². The summed E-state index contributed by atoms with van der Waals surface area (Å²) in [6.45, 7) is 3.29. The lowest BCUT2D eigenvalue weighted by atomic mass is 9.74. The average molecular weight is 435 g/mol. The van der Waals surface area contributed by atoms with Gasteiger partial charge < -0.3 is 15.4 Å². The molecule has 0 radical (unpaired) electrons. The molecule has 5 nitrogen and oxygen atoms in total. The highest BCUT2D eigenvalue weighted by molar-refractivity contribution is 6.33. The van der Waals surface area contributed by atoms with Crippen LogP contribution in [0.15, 0.2) is 48.5 Å². The molecule has 0 aromatic heterocycles. The summed E-state index contributed by atoms with van der Waals surface area (Å²) in [5, 5.41) is 6.72. The summed E-state index contributed by atoms with van der Waals surface area (Å²) in [5.74, 6) is -0.645. The van der Waals surface area contributed by atoms with E-state index in [1.165, 1.54) is 0 Å². The van der Waals surface area contributed by atoms with Gasteiger partial charge in [-0.3, -0.25) is 9.59 Å². The zero-order valence-electron chi connectivity index (χ0n) is 16.2. The number of hydrogen-bond donors (Lipinski definition) is 2. The minimum Gasteiger partial charge on any atom is -0.381 e. The third-order valence-corrected chi connectivity index (χ3v) is 6.01. The van der Waals surface area contributed by atoms with Crippen molar-refractivity contribution in [1.82, 2.24) is 10.6 Å². The number of nitrogens with one attached hydrogen (secondary N) is 2. The first-order valence-corrected chi connectivity index (χ1v) is 10.3. The molecular weight excluding hydrogens is 411 g/mol. The molecule has 7 heteroatoms. The fraction of sp³-hybridized carbons (Fsp3) is 0.364. The normalized spacial score (nSPS) is 16.7. The molecule has 1 fully saturated rings. The molecule has 1 atom stereocenters. The van der Waals surface area contributed by atoms with Gasteiger partial charge in [-0.05, 0) is 43.5 Å². The average Bonchev–Trinajstić information content (AvgIpc) is 2.73. The smallest absolute Gasteiger partial charge is 0.253 e. The highest BCUT2D eigenvalue weighted by Gasteiger charge is 2.36. The lowest BCUT2D eigenvalue weighted by Crippen LogP contribution is -2.50. The first kappa shape index (κ1) is 21.6. The van der Waals surface area contributed by atoms with Crippen LogP contribution in [-0.2, 0) is 14.9 Å². The molecule has 2 aromatic rings. The van der Waals surface area contributed by atoms with E-state index in [0.29, 0.717) is 35.4 Å². The number of hydrogen-bond acceptors (Lipinski definition) is 3. The van der Waals surface area contributed by atoms with Gasteiger partial charge >= 0.3 is 0 Å². The second kappa shape index (κ2) is 9.61. The molecule has 1 aliphatic rings. The molecule has 1 heterocycles. The van der Waals surface area contributed by atoms with Crippen LogP contribution < -0.4 is 10.6 Å². The maximum atomic E-state index is 12.7. The Balaban J connectivity index is 1.66. The third-order valence-electron chi connectivity index (χ3n) is 5.36. The van der Waals surface area contributed by atoms with Gasteiger partial charge in [-0.25, -0.2) is 0 Å². The summed E-state index contributed by atoms with van der Waals surface area (Å²) in [5.41, 5.74) is 1.06. The minimum absolute atomic E-state index is 0.261. The van der Waals surface area contributed by atoms with Gasteiger partial charge in [0.15, 0.2) is 0 Å². The zero-order valence-corrected chi connectivity index (χ0v) is 17.7. The van der Waals surface area contributed by atoms with Crippen LogP contribution in [0.4, 0.5) is 0 Å². The van der Waals surface area contributed by atoms with Crippen molar-refractivity contribution >= 4 is 35.0 Å². The largest absolute Gasteiger partial charge is 0.381 e. The molecule has 1 unspecified atom stereocenters. The van der Waals surface area contributed by atoms with E-state index >= 15 is 0 Å². The van der Waals surface area contributed by atoms with E-state index in [9.17, 15) is 9.59 Å². The van der Waals surface area contributed by atoms with Gasteiger partial charge in [-0.1, -0.05) is 53.5 Å². The lowest BCUT2D eigenvalue weighted by Gasteiger charge is -2.38. The van der Waals surface area contributed by atoms with Gasteiger partial charge in [0.2, 0.25) is 5.91 Å². The van der Waals surface area contributed by atoms with Crippen LogP contribution in [0.5, 0.6) is 0 Å². The first-order chi connectivity index (χ1) is 13.9. The van der Waals surface area contributed by atoms with E-state index in [1.807, 2.05) is 24.3 Å². The van der Waals surface area contributed by atoms with Crippen molar-refractivity contribution in [3.63, 3.8) is 0 Å². The van der Waals surface area contributed by atoms with E-state index in [1.54, 1.807) is 31.2 Å². The molecule has 29 heavy (non-hydrogen) atoms. The van der Waals surface area contributed by atoms with Crippen LogP contribution in [-0.4, -0.2) is 37.6 Å². The number of halogens is 2. The van der Waals surface area contributed by atoms with Crippen LogP contribution in [0.3, 0.4) is 0 Å². The highest BCUT2D eigenvalue weighted by Crippen LogP contribution is 2.38. The molecular formula is C22H24Cl2N2O3. The maximum Gasteiger partial charge on any atom is 0.253 e. The molecule has 154 valence electrons. The summed E-state index contributed by atoms with van der Waals surface area (Å²) >= 11 is 12.5. The van der Waals surface area contributed by atoms with E-state index in [2.05, 4.69) is 10.6 Å². The SMILES string of the molecule is CC(NC(=O)c1ccccc1Cl)C(=O)NCC1(c2ccccc2Cl)CCOCC1. The van der Waals surface area contributed by atoms with Gasteiger partial charge in [-0.2, -0.15) is 0 Å². The standard InChI is InChI=1S/C22H24Cl2N2O3/c1-15(26-21(28)16-6-2-4-8-18(16)23)20(27)25-14-22(10-12-29-13-11-22)17-7-3-5-9-19(17)24/h2-9,15H,10-14H2,1H3,(H,25,27)(H,26,28). The number of benzene rings is 2. The number of carbonyl (C=O) groups excluding carboxylic acids is 2. The predicted molar refractivity (Wildman–Crippen MR) is 115 cm³/mol. The van der Waals surface area contributed by atoms with Gasteiger partial charge in [0.25, 0.3) is 5.91 Å². The Labute approximate surface area is 180 Å². The molecule has 3 rings (SSSR count). The van der Waals surface area contributed by atoms with Gasteiger partial charge in [0, 0.05) is 30.2 Å². The number of carbonyl (C=O) groups is 2. The van der Waals surface area contributed by atoms with E-state index in [-0.39, 0.29) is 17.2 Å². The van der Waals surface area contributed by atoms with Crippen molar-refractivity contribution in [3.8, 4) is 0 Å². The number of rotatable bonds is 6. The van der Waals surface area contributed by atoms with E-state index < -0.39 is 6.04 Å². The number of amides is 2. The second-order valence-electron chi connectivity index (χ2n) is 7.27. The van der Waals surface area contributed by atoms with Crippen molar-refractivity contribution in [2.24, 2.45) is 0 Å². The van der Waals surface area contributed by atoms with Crippen LogP contribution >= 0.6 is 23.2 Å². The Morgan fingerprint density at radius 3 is 2.31 bits per heavy atom. The highest BCUT2D eigenvalue weighted by atomic mass is 35.5. The zero-order chi connectivity index (χ0) is 20.9. The van der Waals surface area contributed by atoms with Crippen molar-refractivity contribution in [2.75, 3.05) is 19.8 Å². The van der Waals surface area contributed by atoms with Crippen molar-refractivity contribution in [3.05, 3.63) is 69.7 Å². The van der Waals surface area contributed by atoms with Gasteiger partial charge in [-0.15, -0.1) is 0 Å². The Kier molecular flexibility index (Phi) is 7.17. The van der Waals surface area contributed by atoms with Crippen LogP contribution in [0.2, 0.25) is 10.0 Å². The van der Waals surface area contributed by atoms with Crippen LogP contribution in [0, 0.1) is 0 Å². The van der Waals surface area contributed by atoms with Crippen LogP contribution in [0.25, 0.3) is 0 Å². The molecule has 0 bridgehead atoms. The molecule has 2 amide bonds. The van der Waals surface area contributed by atoms with Gasteiger partial charge in [0.05, 0.1) is 10.6 Å². The second-order valence-corrected chi connectivity index (χ2v) is 8.08. The summed E-state index contributed by atoms with van der Waals surface area (Å²) in [4.78, 5) is 25.1. The van der Waals surface area contributed by atoms with E-state index in [4.69, 9.17) is 27.9 Å². The Morgan fingerprint density at radius 2 is 1.66 bits per heavy atom. The van der Waals surface area contributed by atoms with Crippen molar-refractivity contribution in [2.45, 2.75) is 31.2 Å². The fourth-order valence-electron chi connectivity index (χ4n) is 3.59.